The molecule has 2 heterocycles. The second kappa shape index (κ2) is 6.19. The lowest BCUT2D eigenvalue weighted by Gasteiger charge is -2.22. The van der Waals surface area contributed by atoms with Gasteiger partial charge in [0.05, 0.1) is 6.10 Å². The molecule has 1 unspecified atom stereocenters. The van der Waals surface area contributed by atoms with Crippen LogP contribution in [0.2, 0.25) is 0 Å². The highest BCUT2D eigenvalue weighted by molar-refractivity contribution is 5.39. The zero-order valence-corrected chi connectivity index (χ0v) is 11.5. The number of hydrogen-bond acceptors (Lipinski definition) is 3. The van der Waals surface area contributed by atoms with Crippen molar-refractivity contribution in [2.75, 3.05) is 18.0 Å². The van der Waals surface area contributed by atoms with Crippen molar-refractivity contribution in [1.82, 2.24) is 4.98 Å². The summed E-state index contributed by atoms with van der Waals surface area (Å²) < 4.78 is 0. The van der Waals surface area contributed by atoms with Gasteiger partial charge in [-0.2, -0.15) is 0 Å². The SMILES string of the molecule is CCC1CCCN(c2ccc([C@@H](C)O)cn2)CC1. The number of pyridine rings is 1. The largest absolute Gasteiger partial charge is 0.389 e. The molecular formula is C15H24N2O. The highest BCUT2D eigenvalue weighted by Gasteiger charge is 2.16. The van der Waals surface area contributed by atoms with Crippen LogP contribution in [-0.2, 0) is 0 Å². The van der Waals surface area contributed by atoms with Crippen LogP contribution in [0.1, 0.15) is 51.2 Å². The van der Waals surface area contributed by atoms with E-state index in [1.54, 1.807) is 13.1 Å². The minimum atomic E-state index is -0.430. The maximum atomic E-state index is 9.48. The zero-order valence-electron chi connectivity index (χ0n) is 11.5. The van der Waals surface area contributed by atoms with E-state index in [2.05, 4.69) is 16.8 Å². The Morgan fingerprint density at radius 3 is 2.83 bits per heavy atom. The number of nitrogens with zero attached hydrogens (tertiary/aromatic N) is 2. The van der Waals surface area contributed by atoms with E-state index in [0.29, 0.717) is 0 Å². The van der Waals surface area contributed by atoms with Gasteiger partial charge < -0.3 is 10.0 Å². The summed E-state index contributed by atoms with van der Waals surface area (Å²) in [6.45, 7) is 6.28. The third-order valence-corrected chi connectivity index (χ3v) is 4.00. The molecule has 1 saturated heterocycles. The van der Waals surface area contributed by atoms with Crippen LogP contribution in [0.5, 0.6) is 0 Å². The summed E-state index contributed by atoms with van der Waals surface area (Å²) in [5.74, 6) is 1.93. The molecule has 0 bridgehead atoms. The molecule has 0 amide bonds. The molecule has 3 nitrogen and oxygen atoms in total. The highest BCUT2D eigenvalue weighted by Crippen LogP contribution is 2.24. The Hall–Kier alpha value is -1.09. The Labute approximate surface area is 110 Å². The van der Waals surface area contributed by atoms with Crippen molar-refractivity contribution in [3.63, 3.8) is 0 Å². The van der Waals surface area contributed by atoms with Crippen molar-refractivity contribution in [1.29, 1.82) is 0 Å². The molecular weight excluding hydrogens is 224 g/mol. The summed E-state index contributed by atoms with van der Waals surface area (Å²) >= 11 is 0. The molecule has 100 valence electrons. The molecule has 1 aromatic rings. The number of hydrogen-bond donors (Lipinski definition) is 1. The zero-order chi connectivity index (χ0) is 13.0. The lowest BCUT2D eigenvalue weighted by Crippen LogP contribution is -2.25. The highest BCUT2D eigenvalue weighted by atomic mass is 16.3. The summed E-state index contributed by atoms with van der Waals surface area (Å²) in [5, 5.41) is 9.48. The first kappa shape index (κ1) is 13.3. The summed E-state index contributed by atoms with van der Waals surface area (Å²) in [7, 11) is 0. The number of aliphatic hydroxyl groups is 1. The number of aromatic nitrogens is 1. The van der Waals surface area contributed by atoms with Gasteiger partial charge in [0.25, 0.3) is 0 Å². The summed E-state index contributed by atoms with van der Waals surface area (Å²) in [5.41, 5.74) is 0.889. The monoisotopic (exact) mass is 248 g/mol. The molecule has 2 rings (SSSR count). The Kier molecular flexibility index (Phi) is 4.59. The summed E-state index contributed by atoms with van der Waals surface area (Å²) in [4.78, 5) is 6.86. The fraction of sp³-hybridized carbons (Fsp3) is 0.667. The minimum Gasteiger partial charge on any atom is -0.389 e. The van der Waals surface area contributed by atoms with E-state index in [1.807, 2.05) is 12.1 Å². The molecule has 0 spiro atoms. The van der Waals surface area contributed by atoms with Gasteiger partial charge in [-0.15, -0.1) is 0 Å². The first-order valence-electron chi connectivity index (χ1n) is 7.09. The van der Waals surface area contributed by atoms with E-state index >= 15 is 0 Å². The van der Waals surface area contributed by atoms with Crippen molar-refractivity contribution >= 4 is 5.82 Å². The molecule has 1 aromatic heterocycles. The third kappa shape index (κ3) is 3.22. The van der Waals surface area contributed by atoms with Crippen LogP contribution >= 0.6 is 0 Å². The Balaban J connectivity index is 2.02. The van der Waals surface area contributed by atoms with Crippen molar-refractivity contribution in [2.24, 2.45) is 5.92 Å². The van der Waals surface area contributed by atoms with E-state index < -0.39 is 6.10 Å². The average molecular weight is 248 g/mol. The number of rotatable bonds is 3. The van der Waals surface area contributed by atoms with E-state index in [-0.39, 0.29) is 0 Å². The van der Waals surface area contributed by atoms with Gasteiger partial charge in [-0.25, -0.2) is 4.98 Å². The van der Waals surface area contributed by atoms with Gasteiger partial charge in [0.2, 0.25) is 0 Å². The van der Waals surface area contributed by atoms with Gasteiger partial charge in [0, 0.05) is 19.3 Å². The van der Waals surface area contributed by atoms with Crippen LogP contribution in [0.3, 0.4) is 0 Å². The molecule has 3 heteroatoms. The maximum absolute atomic E-state index is 9.48. The molecule has 1 N–H and O–H groups in total. The fourth-order valence-electron chi connectivity index (χ4n) is 2.63. The van der Waals surface area contributed by atoms with Gasteiger partial charge in [-0.05, 0) is 43.7 Å². The van der Waals surface area contributed by atoms with Crippen molar-refractivity contribution in [2.45, 2.75) is 45.6 Å². The first-order chi connectivity index (χ1) is 8.70. The number of anilines is 1. The molecule has 0 aliphatic carbocycles. The molecule has 2 atom stereocenters. The summed E-state index contributed by atoms with van der Waals surface area (Å²) in [6.07, 6.45) is 6.54. The Morgan fingerprint density at radius 2 is 2.22 bits per heavy atom. The maximum Gasteiger partial charge on any atom is 0.128 e. The quantitative estimate of drug-likeness (QED) is 0.892. The first-order valence-corrected chi connectivity index (χ1v) is 7.09. The standard InChI is InChI=1S/C15H24N2O/c1-3-13-5-4-9-17(10-8-13)15-7-6-14(11-16-15)12(2)18/h6-7,11-13,18H,3-5,8-10H2,1-2H3/t12-,13?/m1/s1. The second-order valence-electron chi connectivity index (χ2n) is 5.32. The molecule has 1 aliphatic rings. The Morgan fingerprint density at radius 1 is 1.39 bits per heavy atom. The van der Waals surface area contributed by atoms with Gasteiger partial charge >= 0.3 is 0 Å². The van der Waals surface area contributed by atoms with Crippen molar-refractivity contribution in [3.8, 4) is 0 Å². The van der Waals surface area contributed by atoms with Crippen LogP contribution in [0, 0.1) is 5.92 Å². The van der Waals surface area contributed by atoms with E-state index in [0.717, 1.165) is 30.4 Å². The van der Waals surface area contributed by atoms with Crippen LogP contribution in [0.4, 0.5) is 5.82 Å². The molecule has 18 heavy (non-hydrogen) atoms. The van der Waals surface area contributed by atoms with E-state index in [9.17, 15) is 5.11 Å². The van der Waals surface area contributed by atoms with Gasteiger partial charge in [-0.1, -0.05) is 19.4 Å². The minimum absolute atomic E-state index is 0.430. The van der Waals surface area contributed by atoms with Crippen molar-refractivity contribution < 1.29 is 5.11 Å². The normalized spacial score (nSPS) is 22.6. The fourth-order valence-corrected chi connectivity index (χ4v) is 2.63. The van der Waals surface area contributed by atoms with Gasteiger partial charge in [0.1, 0.15) is 5.82 Å². The van der Waals surface area contributed by atoms with Crippen LogP contribution in [-0.4, -0.2) is 23.2 Å². The average Bonchev–Trinajstić information content (AvgIpc) is 2.64. The van der Waals surface area contributed by atoms with Crippen LogP contribution in [0.25, 0.3) is 0 Å². The molecule has 0 saturated carbocycles. The molecule has 1 aliphatic heterocycles. The Bertz CT molecular complexity index is 361. The number of aliphatic hydroxyl groups excluding tert-OH is 1. The lowest BCUT2D eigenvalue weighted by molar-refractivity contribution is 0.199. The second-order valence-corrected chi connectivity index (χ2v) is 5.32. The lowest BCUT2D eigenvalue weighted by atomic mass is 9.98. The predicted molar refractivity (Wildman–Crippen MR) is 74.7 cm³/mol. The van der Waals surface area contributed by atoms with E-state index in [1.165, 1.54) is 25.7 Å². The van der Waals surface area contributed by atoms with Gasteiger partial charge in [0.15, 0.2) is 0 Å². The van der Waals surface area contributed by atoms with Crippen LogP contribution in [0.15, 0.2) is 18.3 Å². The van der Waals surface area contributed by atoms with Crippen molar-refractivity contribution in [3.05, 3.63) is 23.9 Å². The smallest absolute Gasteiger partial charge is 0.128 e. The summed E-state index contributed by atoms with van der Waals surface area (Å²) in [6, 6.07) is 4.02. The third-order valence-electron chi connectivity index (χ3n) is 4.00. The van der Waals surface area contributed by atoms with Crippen LogP contribution < -0.4 is 4.90 Å². The predicted octanol–water partition coefficient (Wildman–Crippen LogP) is 3.15. The molecule has 0 radical (unpaired) electrons. The van der Waals surface area contributed by atoms with Gasteiger partial charge in [-0.3, -0.25) is 0 Å². The molecule has 1 fully saturated rings. The topological polar surface area (TPSA) is 36.4 Å². The molecule has 0 aromatic carbocycles. The van der Waals surface area contributed by atoms with E-state index in [4.69, 9.17) is 0 Å².